The number of nitrogens with zero attached hydrogens (tertiary/aromatic N) is 1. The highest BCUT2D eigenvalue weighted by Gasteiger charge is 2.09. The molecule has 0 aliphatic rings. The summed E-state index contributed by atoms with van der Waals surface area (Å²) in [5.41, 5.74) is 15.5. The maximum absolute atomic E-state index is 10.8. The molecule has 112 valence electrons. The summed E-state index contributed by atoms with van der Waals surface area (Å²) in [6.45, 7) is 2.18. The Balaban J connectivity index is 2.27. The molecule has 0 bridgehead atoms. The molecule has 0 atom stereocenters. The van der Waals surface area contributed by atoms with Crippen molar-refractivity contribution in [2.24, 2.45) is 5.73 Å². The van der Waals surface area contributed by atoms with E-state index < -0.39 is 0 Å². The molecule has 4 nitrogen and oxygen atoms in total. The van der Waals surface area contributed by atoms with Crippen LogP contribution in [0.4, 0.5) is 5.69 Å². The number of pyridine rings is 1. The van der Waals surface area contributed by atoms with Gasteiger partial charge in [-0.3, -0.25) is 9.78 Å². The molecule has 4 N–H and O–H groups in total. The van der Waals surface area contributed by atoms with Crippen LogP contribution in [-0.2, 0) is 17.6 Å². The van der Waals surface area contributed by atoms with Crippen LogP contribution in [0.15, 0.2) is 24.4 Å². The monoisotopic (exact) mass is 285 g/mol. The second-order valence-corrected chi connectivity index (χ2v) is 5.43. The van der Waals surface area contributed by atoms with Crippen molar-refractivity contribution >= 4 is 22.5 Å². The average molecular weight is 285 g/mol. The molecule has 2 aromatic rings. The number of anilines is 1. The number of primary amides is 1. The second kappa shape index (κ2) is 7.07. The van der Waals surface area contributed by atoms with Crippen LogP contribution in [-0.4, -0.2) is 10.9 Å². The quantitative estimate of drug-likeness (QED) is 0.820. The topological polar surface area (TPSA) is 82.0 Å². The van der Waals surface area contributed by atoms with Crippen molar-refractivity contribution < 1.29 is 4.79 Å². The van der Waals surface area contributed by atoms with Gasteiger partial charge in [0.05, 0.1) is 5.52 Å². The fourth-order valence-corrected chi connectivity index (χ4v) is 2.57. The van der Waals surface area contributed by atoms with Crippen molar-refractivity contribution in [2.75, 3.05) is 5.73 Å². The van der Waals surface area contributed by atoms with E-state index in [2.05, 4.69) is 18.0 Å². The van der Waals surface area contributed by atoms with Crippen LogP contribution < -0.4 is 11.5 Å². The van der Waals surface area contributed by atoms with Crippen molar-refractivity contribution in [3.05, 3.63) is 35.5 Å². The van der Waals surface area contributed by atoms with Crippen LogP contribution >= 0.6 is 0 Å². The summed E-state index contributed by atoms with van der Waals surface area (Å²) in [6.07, 6.45) is 7.01. The largest absolute Gasteiger partial charge is 0.398 e. The van der Waals surface area contributed by atoms with Gasteiger partial charge in [-0.2, -0.15) is 0 Å². The lowest BCUT2D eigenvalue weighted by atomic mass is 10.00. The zero-order valence-electron chi connectivity index (χ0n) is 12.6. The van der Waals surface area contributed by atoms with Crippen LogP contribution in [0.5, 0.6) is 0 Å². The van der Waals surface area contributed by atoms with E-state index in [0.29, 0.717) is 12.8 Å². The Bertz CT molecular complexity index is 637. The molecule has 1 aromatic carbocycles. The van der Waals surface area contributed by atoms with E-state index in [0.717, 1.165) is 47.8 Å². The predicted molar refractivity (Wildman–Crippen MR) is 86.9 cm³/mol. The van der Waals surface area contributed by atoms with Gasteiger partial charge in [-0.25, -0.2) is 0 Å². The van der Waals surface area contributed by atoms with Crippen LogP contribution in [0, 0.1) is 0 Å². The number of aromatic nitrogens is 1. The summed E-state index contributed by atoms with van der Waals surface area (Å²) in [4.78, 5) is 15.4. The highest BCUT2D eigenvalue weighted by molar-refractivity contribution is 5.93. The molecule has 0 spiro atoms. The molecule has 1 aromatic heterocycles. The number of carbonyl (C=O) groups is 1. The Hall–Kier alpha value is -2.10. The number of nitrogen functional groups attached to an aromatic ring is 1. The van der Waals surface area contributed by atoms with Gasteiger partial charge in [0, 0.05) is 23.7 Å². The minimum absolute atomic E-state index is 0.274. The van der Waals surface area contributed by atoms with Crippen molar-refractivity contribution in [1.29, 1.82) is 0 Å². The van der Waals surface area contributed by atoms with Gasteiger partial charge < -0.3 is 11.5 Å². The van der Waals surface area contributed by atoms with Gasteiger partial charge in [-0.1, -0.05) is 31.5 Å². The first-order valence-electron chi connectivity index (χ1n) is 7.56. The standard InChI is InChI=1S/C17H23N3O/c1-2-3-6-12-7-4-9-14-16(19)13(11-20-17(12)14)8-5-10-15(18)21/h4,7,9,11H,2-3,5-6,8,10H2,1H3,(H2,18,21)(H2,19,20). The molecule has 0 saturated heterocycles. The number of para-hydroxylation sites is 1. The lowest BCUT2D eigenvalue weighted by Gasteiger charge is -2.11. The van der Waals surface area contributed by atoms with Crippen LogP contribution in [0.2, 0.25) is 0 Å². The number of unbranched alkanes of at least 4 members (excludes halogenated alkanes) is 1. The second-order valence-electron chi connectivity index (χ2n) is 5.43. The molecular formula is C17H23N3O. The molecular weight excluding hydrogens is 262 g/mol. The molecule has 21 heavy (non-hydrogen) atoms. The summed E-state index contributed by atoms with van der Waals surface area (Å²) < 4.78 is 0. The molecule has 1 heterocycles. The molecule has 0 saturated carbocycles. The summed E-state index contributed by atoms with van der Waals surface area (Å²) in [7, 11) is 0. The first-order valence-corrected chi connectivity index (χ1v) is 7.56. The number of aryl methyl sites for hydroxylation is 2. The van der Waals surface area contributed by atoms with E-state index in [1.54, 1.807) is 0 Å². The minimum atomic E-state index is -0.274. The highest BCUT2D eigenvalue weighted by atomic mass is 16.1. The molecule has 0 fully saturated rings. The lowest BCUT2D eigenvalue weighted by Crippen LogP contribution is -2.10. The van der Waals surface area contributed by atoms with Gasteiger partial charge in [0.15, 0.2) is 0 Å². The van der Waals surface area contributed by atoms with E-state index in [9.17, 15) is 4.79 Å². The third-order valence-corrected chi connectivity index (χ3v) is 3.77. The van der Waals surface area contributed by atoms with E-state index in [1.165, 1.54) is 5.56 Å². The number of carbonyl (C=O) groups excluding carboxylic acids is 1. The number of nitrogens with two attached hydrogens (primary N) is 2. The minimum Gasteiger partial charge on any atom is -0.398 e. The Kier molecular flexibility index (Phi) is 5.14. The van der Waals surface area contributed by atoms with E-state index in [4.69, 9.17) is 11.5 Å². The molecule has 1 amide bonds. The van der Waals surface area contributed by atoms with Crippen molar-refractivity contribution in [3.8, 4) is 0 Å². The summed E-state index contributed by atoms with van der Waals surface area (Å²) >= 11 is 0. The Morgan fingerprint density at radius 3 is 2.67 bits per heavy atom. The highest BCUT2D eigenvalue weighted by Crippen LogP contribution is 2.27. The van der Waals surface area contributed by atoms with Crippen molar-refractivity contribution in [2.45, 2.75) is 45.4 Å². The number of benzene rings is 1. The third kappa shape index (κ3) is 3.72. The van der Waals surface area contributed by atoms with Gasteiger partial charge in [-0.05, 0) is 36.8 Å². The lowest BCUT2D eigenvalue weighted by molar-refractivity contribution is -0.118. The van der Waals surface area contributed by atoms with Gasteiger partial charge in [-0.15, -0.1) is 0 Å². The molecule has 0 aliphatic carbocycles. The van der Waals surface area contributed by atoms with Gasteiger partial charge in [0.25, 0.3) is 0 Å². The molecule has 0 radical (unpaired) electrons. The third-order valence-electron chi connectivity index (χ3n) is 3.77. The van der Waals surface area contributed by atoms with E-state index in [1.807, 2.05) is 18.3 Å². The number of amides is 1. The number of rotatable bonds is 7. The van der Waals surface area contributed by atoms with E-state index in [-0.39, 0.29) is 5.91 Å². The molecule has 0 unspecified atom stereocenters. The van der Waals surface area contributed by atoms with Crippen LogP contribution in [0.3, 0.4) is 0 Å². The zero-order valence-corrected chi connectivity index (χ0v) is 12.6. The SMILES string of the molecule is CCCCc1cccc2c(N)c(CCCC(N)=O)cnc12. The van der Waals surface area contributed by atoms with Crippen LogP contribution in [0.1, 0.15) is 43.7 Å². The smallest absolute Gasteiger partial charge is 0.217 e. The summed E-state index contributed by atoms with van der Waals surface area (Å²) in [6, 6.07) is 6.18. The fourth-order valence-electron chi connectivity index (χ4n) is 2.57. The van der Waals surface area contributed by atoms with Crippen LogP contribution in [0.25, 0.3) is 10.9 Å². The maximum Gasteiger partial charge on any atom is 0.217 e. The zero-order chi connectivity index (χ0) is 15.2. The molecule has 4 heteroatoms. The fraction of sp³-hybridized carbons (Fsp3) is 0.412. The predicted octanol–water partition coefficient (Wildman–Crippen LogP) is 2.97. The average Bonchev–Trinajstić information content (AvgIpc) is 2.47. The number of hydrogen-bond donors (Lipinski definition) is 2. The number of fused-ring (bicyclic) bond motifs is 1. The molecule has 2 rings (SSSR count). The Morgan fingerprint density at radius 1 is 1.19 bits per heavy atom. The number of hydrogen-bond acceptors (Lipinski definition) is 3. The Morgan fingerprint density at radius 2 is 1.95 bits per heavy atom. The van der Waals surface area contributed by atoms with E-state index >= 15 is 0 Å². The summed E-state index contributed by atoms with van der Waals surface area (Å²) in [5.74, 6) is -0.274. The maximum atomic E-state index is 10.8. The van der Waals surface area contributed by atoms with Gasteiger partial charge >= 0.3 is 0 Å². The van der Waals surface area contributed by atoms with Gasteiger partial charge in [0.2, 0.25) is 5.91 Å². The first kappa shape index (κ1) is 15.3. The van der Waals surface area contributed by atoms with Crippen molar-refractivity contribution in [3.63, 3.8) is 0 Å². The van der Waals surface area contributed by atoms with Crippen molar-refractivity contribution in [1.82, 2.24) is 4.98 Å². The van der Waals surface area contributed by atoms with Gasteiger partial charge in [0.1, 0.15) is 0 Å². The first-order chi connectivity index (χ1) is 10.1. The normalized spacial score (nSPS) is 10.9. The molecule has 0 aliphatic heterocycles. The summed E-state index contributed by atoms with van der Waals surface area (Å²) in [5, 5.41) is 1.01. The Labute approximate surface area is 125 Å².